The quantitative estimate of drug-likeness (QED) is 0.605. The van der Waals surface area contributed by atoms with E-state index in [4.69, 9.17) is 19.4 Å². The van der Waals surface area contributed by atoms with E-state index in [1.54, 1.807) is 6.07 Å². The van der Waals surface area contributed by atoms with Gasteiger partial charge in [-0.3, -0.25) is 0 Å². The predicted molar refractivity (Wildman–Crippen MR) is 57.8 cm³/mol. The Kier molecular flexibility index (Phi) is 2.13. The molecule has 0 bridgehead atoms. The summed E-state index contributed by atoms with van der Waals surface area (Å²) in [5, 5.41) is 1.12. The Hall–Kier alpha value is -0.860. The summed E-state index contributed by atoms with van der Waals surface area (Å²) in [5.41, 5.74) is 6.29. The molecule has 1 aromatic carbocycles. The molecule has 0 saturated heterocycles. The van der Waals surface area contributed by atoms with E-state index in [0.29, 0.717) is 15.9 Å². The van der Waals surface area contributed by atoms with Gasteiger partial charge in [-0.15, -0.1) is 0 Å². The van der Waals surface area contributed by atoms with Gasteiger partial charge in [0, 0.05) is 5.39 Å². The average molecular weight is 232 g/mol. The van der Waals surface area contributed by atoms with Crippen molar-refractivity contribution in [2.24, 2.45) is 0 Å². The fourth-order valence-electron chi connectivity index (χ4n) is 1.11. The average Bonchev–Trinajstić information content (AvgIpc) is 2.46. The van der Waals surface area contributed by atoms with Crippen molar-refractivity contribution in [3.63, 3.8) is 0 Å². The van der Waals surface area contributed by atoms with Gasteiger partial charge in [0.15, 0.2) is 0 Å². The van der Waals surface area contributed by atoms with Gasteiger partial charge >= 0.3 is 0 Å². The largest absolute Gasteiger partial charge is 0.389 e. The van der Waals surface area contributed by atoms with Gasteiger partial charge in [0.05, 0.1) is 10.4 Å². The van der Waals surface area contributed by atoms with E-state index >= 15 is 0 Å². The molecule has 5 nitrogen and oxygen atoms in total. The highest BCUT2D eigenvalue weighted by atomic mass is 32.3. The molecule has 1 aromatic heterocycles. The van der Waals surface area contributed by atoms with Crippen LogP contribution in [0.25, 0.3) is 10.9 Å². The van der Waals surface area contributed by atoms with Crippen LogP contribution in [0.2, 0.25) is 0 Å². The normalized spacial score (nSPS) is 13.4. The molecule has 0 atom stereocenters. The van der Waals surface area contributed by atoms with Crippen molar-refractivity contribution in [2.75, 3.05) is 5.73 Å². The third kappa shape index (κ3) is 1.56. The molecule has 0 unspecified atom stereocenters. The SMILES string of the molecule is Nc1snc2ccc(S(O)(O)O)cc12. The zero-order valence-electron chi connectivity index (χ0n) is 6.91. The molecular weight excluding hydrogens is 224 g/mol. The summed E-state index contributed by atoms with van der Waals surface area (Å²) in [7, 11) is -3.67. The lowest BCUT2D eigenvalue weighted by Crippen LogP contribution is -1.95. The number of nitrogens with zero attached hydrogens (tertiary/aromatic N) is 1. The van der Waals surface area contributed by atoms with E-state index in [-0.39, 0.29) is 4.90 Å². The smallest absolute Gasteiger partial charge is 0.114 e. The van der Waals surface area contributed by atoms with Crippen LogP contribution in [0.3, 0.4) is 0 Å². The van der Waals surface area contributed by atoms with Crippen molar-refractivity contribution in [3.8, 4) is 0 Å². The standard InChI is InChI=1S/C7H8N2O3S2/c8-7-5-3-4(14(10,11)12)1-2-6(5)9-13-7/h1-3,10-12H,8H2. The molecule has 0 fully saturated rings. The van der Waals surface area contributed by atoms with E-state index in [9.17, 15) is 0 Å². The minimum atomic E-state index is -3.67. The van der Waals surface area contributed by atoms with Gasteiger partial charge in [-0.1, -0.05) is 0 Å². The topological polar surface area (TPSA) is 99.6 Å². The second kappa shape index (κ2) is 3.07. The zero-order valence-corrected chi connectivity index (χ0v) is 8.55. The van der Waals surface area contributed by atoms with Gasteiger partial charge < -0.3 is 19.4 Å². The first-order valence-corrected chi connectivity index (χ1v) is 5.92. The minimum Gasteiger partial charge on any atom is -0.389 e. The molecule has 2 rings (SSSR count). The second-order valence-electron chi connectivity index (χ2n) is 2.74. The lowest BCUT2D eigenvalue weighted by molar-refractivity contribution is 0.376. The number of anilines is 1. The minimum absolute atomic E-state index is 0.0527. The lowest BCUT2D eigenvalue weighted by atomic mass is 10.2. The predicted octanol–water partition coefficient (Wildman–Crippen LogP) is 2.46. The van der Waals surface area contributed by atoms with Crippen LogP contribution < -0.4 is 5.73 Å². The number of nitrogens with two attached hydrogens (primary N) is 1. The summed E-state index contributed by atoms with van der Waals surface area (Å²) in [6, 6.07) is 4.43. The van der Waals surface area contributed by atoms with Crippen LogP contribution in [0.4, 0.5) is 5.00 Å². The van der Waals surface area contributed by atoms with Crippen molar-refractivity contribution in [3.05, 3.63) is 18.2 Å². The Balaban J connectivity index is 2.66. The number of fused-ring (bicyclic) bond motifs is 1. The number of hydrogen-bond acceptors (Lipinski definition) is 6. The fraction of sp³-hybridized carbons (Fsp3) is 0. The highest BCUT2D eigenvalue weighted by molar-refractivity contribution is 8.19. The molecule has 0 aliphatic heterocycles. The van der Waals surface area contributed by atoms with Gasteiger partial charge in [0.25, 0.3) is 0 Å². The van der Waals surface area contributed by atoms with Crippen LogP contribution in [-0.4, -0.2) is 18.0 Å². The number of nitrogen functional groups attached to an aromatic ring is 1. The third-order valence-electron chi connectivity index (χ3n) is 1.79. The van der Waals surface area contributed by atoms with Crippen molar-refractivity contribution in [2.45, 2.75) is 4.90 Å². The Bertz CT molecular complexity index is 477. The Morgan fingerprint density at radius 1 is 1.29 bits per heavy atom. The van der Waals surface area contributed by atoms with Gasteiger partial charge in [0.1, 0.15) is 15.9 Å². The van der Waals surface area contributed by atoms with Crippen molar-refractivity contribution < 1.29 is 13.7 Å². The van der Waals surface area contributed by atoms with Crippen LogP contribution in [-0.2, 0) is 0 Å². The Morgan fingerprint density at radius 2 is 2.00 bits per heavy atom. The molecule has 0 aliphatic rings. The molecule has 1 heterocycles. The third-order valence-corrected chi connectivity index (χ3v) is 3.38. The first-order valence-electron chi connectivity index (χ1n) is 3.64. The Labute approximate surface area is 85.5 Å². The first kappa shape index (κ1) is 9.69. The van der Waals surface area contributed by atoms with E-state index < -0.39 is 10.9 Å². The summed E-state index contributed by atoms with van der Waals surface area (Å²) < 4.78 is 31.1. The number of hydrogen-bond donors (Lipinski definition) is 4. The van der Waals surface area contributed by atoms with Crippen LogP contribution in [0.1, 0.15) is 0 Å². The molecule has 14 heavy (non-hydrogen) atoms. The maximum Gasteiger partial charge on any atom is 0.114 e. The molecule has 0 radical (unpaired) electrons. The molecule has 2 aromatic rings. The Morgan fingerprint density at radius 3 is 2.64 bits per heavy atom. The first-order chi connectivity index (χ1) is 6.48. The molecule has 0 spiro atoms. The highest BCUT2D eigenvalue weighted by Gasteiger charge is 2.16. The summed E-state index contributed by atoms with van der Waals surface area (Å²) in [6.45, 7) is 0. The van der Waals surface area contributed by atoms with Gasteiger partial charge in [0.2, 0.25) is 0 Å². The molecular formula is C7H8N2O3S2. The van der Waals surface area contributed by atoms with E-state index in [1.807, 2.05) is 0 Å². The van der Waals surface area contributed by atoms with E-state index in [1.165, 1.54) is 12.1 Å². The number of benzene rings is 1. The molecule has 0 saturated carbocycles. The summed E-state index contributed by atoms with van der Waals surface area (Å²) >= 11 is 1.13. The summed E-state index contributed by atoms with van der Waals surface area (Å²) in [5.74, 6) is 0. The molecule has 76 valence electrons. The van der Waals surface area contributed by atoms with Crippen molar-refractivity contribution in [1.82, 2.24) is 4.37 Å². The highest BCUT2D eigenvalue weighted by Crippen LogP contribution is 2.45. The van der Waals surface area contributed by atoms with Crippen LogP contribution in [0.5, 0.6) is 0 Å². The van der Waals surface area contributed by atoms with Crippen molar-refractivity contribution >= 4 is 38.3 Å². The van der Waals surface area contributed by atoms with Crippen LogP contribution >= 0.6 is 22.4 Å². The van der Waals surface area contributed by atoms with Crippen LogP contribution in [0, 0.1) is 0 Å². The summed E-state index contributed by atoms with van der Waals surface area (Å²) in [6.07, 6.45) is 0. The molecule has 0 aliphatic carbocycles. The fourth-order valence-corrected chi connectivity index (χ4v) is 2.25. The van der Waals surface area contributed by atoms with E-state index in [2.05, 4.69) is 4.37 Å². The van der Waals surface area contributed by atoms with Crippen molar-refractivity contribution in [1.29, 1.82) is 0 Å². The monoisotopic (exact) mass is 232 g/mol. The number of rotatable bonds is 1. The molecule has 5 N–H and O–H groups in total. The lowest BCUT2D eigenvalue weighted by Gasteiger charge is -2.18. The second-order valence-corrected chi connectivity index (χ2v) is 5.06. The number of aromatic nitrogens is 1. The van der Waals surface area contributed by atoms with E-state index in [0.717, 1.165) is 11.5 Å². The van der Waals surface area contributed by atoms with Gasteiger partial charge in [-0.2, -0.15) is 4.37 Å². The molecule has 0 amide bonds. The maximum absolute atomic E-state index is 9.01. The summed E-state index contributed by atoms with van der Waals surface area (Å²) in [4.78, 5) is 0.0527. The zero-order chi connectivity index (χ0) is 10.3. The van der Waals surface area contributed by atoms with Gasteiger partial charge in [-0.25, -0.2) is 0 Å². The van der Waals surface area contributed by atoms with Crippen LogP contribution in [0.15, 0.2) is 23.1 Å². The maximum atomic E-state index is 9.01. The molecule has 7 heteroatoms. The van der Waals surface area contributed by atoms with Gasteiger partial charge in [-0.05, 0) is 29.7 Å².